The second-order valence-corrected chi connectivity index (χ2v) is 4.71. The van der Waals surface area contributed by atoms with Gasteiger partial charge in [-0.15, -0.1) is 5.10 Å². The number of hydrogen-bond acceptors (Lipinski definition) is 4. The van der Waals surface area contributed by atoms with Crippen molar-refractivity contribution in [2.45, 2.75) is 0 Å². The minimum absolute atomic E-state index is 0.567. The van der Waals surface area contributed by atoms with Gasteiger partial charge in [-0.3, -0.25) is 0 Å². The van der Waals surface area contributed by atoms with Crippen molar-refractivity contribution >= 4 is 11.3 Å². The summed E-state index contributed by atoms with van der Waals surface area (Å²) in [7, 11) is 4.00. The van der Waals surface area contributed by atoms with Crippen LogP contribution in [0.3, 0.4) is 0 Å². The maximum absolute atomic E-state index is 8.89. The van der Waals surface area contributed by atoms with E-state index in [0.29, 0.717) is 11.4 Å². The van der Waals surface area contributed by atoms with E-state index in [1.54, 1.807) is 22.8 Å². The molecule has 5 nitrogen and oxygen atoms in total. The Kier molecular flexibility index (Phi) is 2.84. The van der Waals surface area contributed by atoms with Gasteiger partial charge < -0.3 is 4.90 Å². The van der Waals surface area contributed by atoms with Gasteiger partial charge in [0.25, 0.3) is 0 Å². The predicted octanol–water partition coefficient (Wildman–Crippen LogP) is 2.33. The Hall–Kier alpha value is -2.87. The highest BCUT2D eigenvalue weighted by Crippen LogP contribution is 2.20. The molecule has 0 amide bonds. The van der Waals surface area contributed by atoms with Gasteiger partial charge in [0.2, 0.25) is 0 Å². The number of fused-ring (bicyclic) bond motifs is 1. The molecular weight excluding hydrogens is 250 g/mol. The molecule has 0 aliphatic heterocycles. The second-order valence-electron chi connectivity index (χ2n) is 4.71. The predicted molar refractivity (Wildman–Crippen MR) is 77.5 cm³/mol. The quantitative estimate of drug-likeness (QED) is 0.712. The first-order valence-electron chi connectivity index (χ1n) is 6.21. The van der Waals surface area contributed by atoms with Gasteiger partial charge in [-0.2, -0.15) is 5.26 Å². The van der Waals surface area contributed by atoms with E-state index in [9.17, 15) is 0 Å². The first kappa shape index (κ1) is 12.2. The van der Waals surface area contributed by atoms with Crippen molar-refractivity contribution in [1.29, 1.82) is 5.26 Å². The Balaban J connectivity index is 2.03. The highest BCUT2D eigenvalue weighted by Gasteiger charge is 2.07. The summed E-state index contributed by atoms with van der Waals surface area (Å²) in [6.07, 6.45) is 1.68. The summed E-state index contributed by atoms with van der Waals surface area (Å²) in [6.45, 7) is 0. The van der Waals surface area contributed by atoms with Gasteiger partial charge in [0.15, 0.2) is 11.5 Å². The van der Waals surface area contributed by atoms with Crippen molar-refractivity contribution in [1.82, 2.24) is 14.6 Å². The lowest BCUT2D eigenvalue weighted by Crippen LogP contribution is -2.07. The summed E-state index contributed by atoms with van der Waals surface area (Å²) < 4.78 is 1.63. The van der Waals surface area contributed by atoms with Crippen LogP contribution in [0.25, 0.3) is 17.0 Å². The minimum Gasteiger partial charge on any atom is -0.378 e. The molecule has 98 valence electrons. The van der Waals surface area contributed by atoms with Crippen molar-refractivity contribution in [2.75, 3.05) is 19.0 Å². The van der Waals surface area contributed by atoms with Crippen LogP contribution < -0.4 is 4.90 Å². The summed E-state index contributed by atoms with van der Waals surface area (Å²) >= 11 is 0. The van der Waals surface area contributed by atoms with E-state index in [-0.39, 0.29) is 0 Å². The molecule has 0 N–H and O–H groups in total. The lowest BCUT2D eigenvalue weighted by Gasteiger charge is -2.11. The van der Waals surface area contributed by atoms with E-state index in [4.69, 9.17) is 5.26 Å². The molecule has 0 saturated heterocycles. The molecule has 0 bridgehead atoms. The zero-order valence-corrected chi connectivity index (χ0v) is 11.3. The average molecular weight is 263 g/mol. The number of pyridine rings is 1. The van der Waals surface area contributed by atoms with Crippen LogP contribution in [0.15, 0.2) is 42.6 Å². The molecule has 20 heavy (non-hydrogen) atoms. The van der Waals surface area contributed by atoms with Crippen molar-refractivity contribution in [3.63, 3.8) is 0 Å². The molecule has 0 radical (unpaired) electrons. The fourth-order valence-electron chi connectivity index (χ4n) is 1.98. The van der Waals surface area contributed by atoms with E-state index in [2.05, 4.69) is 16.2 Å². The molecule has 0 saturated carbocycles. The lowest BCUT2D eigenvalue weighted by molar-refractivity contribution is 0.962. The Morgan fingerprint density at radius 3 is 2.50 bits per heavy atom. The summed E-state index contributed by atoms with van der Waals surface area (Å²) in [6, 6.07) is 13.7. The first-order chi connectivity index (χ1) is 9.67. The molecule has 0 fully saturated rings. The Morgan fingerprint density at radius 2 is 1.85 bits per heavy atom. The molecule has 0 aliphatic rings. The van der Waals surface area contributed by atoms with Crippen LogP contribution in [0.5, 0.6) is 0 Å². The van der Waals surface area contributed by atoms with Gasteiger partial charge in [0.05, 0.1) is 5.56 Å². The molecule has 5 heteroatoms. The van der Waals surface area contributed by atoms with Gasteiger partial charge in [-0.05, 0) is 36.4 Å². The fraction of sp³-hybridized carbons (Fsp3) is 0.133. The number of benzene rings is 1. The molecule has 0 atom stereocenters. The monoisotopic (exact) mass is 263 g/mol. The third-order valence-electron chi connectivity index (χ3n) is 3.10. The summed E-state index contributed by atoms with van der Waals surface area (Å²) in [4.78, 5) is 6.50. The van der Waals surface area contributed by atoms with Crippen LogP contribution in [-0.4, -0.2) is 28.7 Å². The maximum Gasteiger partial charge on any atom is 0.182 e. The molecule has 0 aliphatic carbocycles. The summed E-state index contributed by atoms with van der Waals surface area (Å²) in [5.74, 6) is 0.658. The third-order valence-corrected chi connectivity index (χ3v) is 3.10. The maximum atomic E-state index is 8.89. The highest BCUT2D eigenvalue weighted by molar-refractivity contribution is 5.62. The van der Waals surface area contributed by atoms with Crippen LogP contribution >= 0.6 is 0 Å². The minimum atomic E-state index is 0.567. The SMILES string of the molecule is CN(C)c1ccc(-c2nc3ccc(C#N)cn3n2)cc1. The number of anilines is 1. The van der Waals surface area contributed by atoms with Crippen LogP contribution in [0.1, 0.15) is 5.56 Å². The Morgan fingerprint density at radius 1 is 1.10 bits per heavy atom. The third kappa shape index (κ3) is 2.08. The van der Waals surface area contributed by atoms with E-state index < -0.39 is 0 Å². The van der Waals surface area contributed by atoms with Crippen molar-refractivity contribution < 1.29 is 0 Å². The second kappa shape index (κ2) is 4.67. The van der Waals surface area contributed by atoms with Crippen LogP contribution in [0.2, 0.25) is 0 Å². The molecule has 0 spiro atoms. The zero-order chi connectivity index (χ0) is 14.1. The molecule has 1 aromatic carbocycles. The van der Waals surface area contributed by atoms with Gasteiger partial charge in [-0.1, -0.05) is 0 Å². The van der Waals surface area contributed by atoms with Gasteiger partial charge in [0, 0.05) is 31.5 Å². The largest absolute Gasteiger partial charge is 0.378 e. The van der Waals surface area contributed by atoms with E-state index in [1.807, 2.05) is 43.3 Å². The summed E-state index contributed by atoms with van der Waals surface area (Å²) in [5, 5.41) is 13.3. The average Bonchev–Trinajstić information content (AvgIpc) is 2.90. The first-order valence-corrected chi connectivity index (χ1v) is 6.21. The highest BCUT2D eigenvalue weighted by atomic mass is 15.3. The van der Waals surface area contributed by atoms with Crippen LogP contribution in [-0.2, 0) is 0 Å². The van der Waals surface area contributed by atoms with E-state index in [0.717, 1.165) is 16.9 Å². The fourth-order valence-corrected chi connectivity index (χ4v) is 1.98. The van der Waals surface area contributed by atoms with Gasteiger partial charge in [0.1, 0.15) is 6.07 Å². The number of hydrogen-bond donors (Lipinski definition) is 0. The smallest absolute Gasteiger partial charge is 0.182 e. The number of nitrogens with zero attached hydrogens (tertiary/aromatic N) is 5. The number of aromatic nitrogens is 3. The Bertz CT molecular complexity index is 793. The summed E-state index contributed by atoms with van der Waals surface area (Å²) in [5.41, 5.74) is 3.38. The Labute approximate surface area is 116 Å². The number of rotatable bonds is 2. The van der Waals surface area contributed by atoms with Gasteiger partial charge in [-0.25, -0.2) is 9.50 Å². The normalized spacial score (nSPS) is 10.4. The van der Waals surface area contributed by atoms with E-state index in [1.165, 1.54) is 0 Å². The topological polar surface area (TPSA) is 57.2 Å². The van der Waals surface area contributed by atoms with Crippen molar-refractivity contribution in [3.05, 3.63) is 48.2 Å². The van der Waals surface area contributed by atoms with Crippen molar-refractivity contribution in [3.8, 4) is 17.5 Å². The molecule has 2 aromatic heterocycles. The molecule has 3 rings (SSSR count). The lowest BCUT2D eigenvalue weighted by atomic mass is 10.2. The van der Waals surface area contributed by atoms with Crippen LogP contribution in [0, 0.1) is 11.3 Å². The van der Waals surface area contributed by atoms with Crippen LogP contribution in [0.4, 0.5) is 5.69 Å². The molecule has 3 aromatic rings. The molecule has 0 unspecified atom stereocenters. The zero-order valence-electron chi connectivity index (χ0n) is 11.3. The molecular formula is C15H13N5. The molecule has 2 heterocycles. The van der Waals surface area contributed by atoms with E-state index >= 15 is 0 Å². The van der Waals surface area contributed by atoms with Crippen molar-refractivity contribution in [2.24, 2.45) is 0 Å². The number of nitriles is 1. The van der Waals surface area contributed by atoms with Gasteiger partial charge >= 0.3 is 0 Å². The standard InChI is InChI=1S/C15H13N5/c1-19(2)13-6-4-12(5-7-13)15-17-14-8-3-11(9-16)10-20(14)18-15/h3-8,10H,1-2H3.